The summed E-state index contributed by atoms with van der Waals surface area (Å²) in [6, 6.07) is 0. The van der Waals surface area contributed by atoms with E-state index in [2.05, 4.69) is 26.1 Å². The van der Waals surface area contributed by atoms with Gasteiger partial charge >= 0.3 is 0 Å². The van der Waals surface area contributed by atoms with Crippen LogP contribution in [0.2, 0.25) is 0 Å². The number of nitrogens with one attached hydrogen (secondary N) is 1. The maximum absolute atomic E-state index is 9.69. The lowest BCUT2D eigenvalue weighted by atomic mass is 10.0. The summed E-state index contributed by atoms with van der Waals surface area (Å²) in [5, 5.41) is 13.0. The zero-order valence-corrected chi connectivity index (χ0v) is 10.8. The molecule has 2 unspecified atom stereocenters. The number of aliphatic hydroxyl groups is 1. The van der Waals surface area contributed by atoms with Crippen molar-refractivity contribution >= 4 is 0 Å². The van der Waals surface area contributed by atoms with Gasteiger partial charge in [-0.1, -0.05) is 46.5 Å². The first-order valence-corrected chi connectivity index (χ1v) is 6.59. The second-order valence-corrected chi connectivity index (χ2v) is 4.67. The smallest absolute Gasteiger partial charge is 0.0667 e. The van der Waals surface area contributed by atoms with Gasteiger partial charge in [0.25, 0.3) is 0 Å². The van der Waals surface area contributed by atoms with Gasteiger partial charge in [0.2, 0.25) is 0 Å². The van der Waals surface area contributed by atoms with Gasteiger partial charge in [0, 0.05) is 6.54 Å². The minimum absolute atomic E-state index is 0.161. The van der Waals surface area contributed by atoms with Crippen molar-refractivity contribution in [2.45, 2.75) is 65.4 Å². The molecule has 0 aliphatic heterocycles. The fourth-order valence-corrected chi connectivity index (χ4v) is 1.66. The SMILES string of the molecule is CCCCCCNCC(O)CC(C)CC. The molecule has 0 aromatic carbocycles. The molecule has 0 saturated heterocycles. The summed E-state index contributed by atoms with van der Waals surface area (Å²) < 4.78 is 0. The topological polar surface area (TPSA) is 32.3 Å². The molecule has 2 N–H and O–H groups in total. The first kappa shape index (κ1) is 14.9. The lowest BCUT2D eigenvalue weighted by molar-refractivity contribution is 0.142. The summed E-state index contributed by atoms with van der Waals surface area (Å²) in [6.07, 6.45) is 7.10. The van der Waals surface area contributed by atoms with Crippen LogP contribution in [-0.4, -0.2) is 24.3 Å². The van der Waals surface area contributed by atoms with Crippen LogP contribution in [0.4, 0.5) is 0 Å². The zero-order chi connectivity index (χ0) is 11.5. The zero-order valence-electron chi connectivity index (χ0n) is 10.8. The monoisotopic (exact) mass is 215 g/mol. The van der Waals surface area contributed by atoms with Crippen molar-refractivity contribution in [1.29, 1.82) is 0 Å². The summed E-state index contributed by atoms with van der Waals surface area (Å²) in [7, 11) is 0. The van der Waals surface area contributed by atoms with Gasteiger partial charge in [-0.15, -0.1) is 0 Å². The first-order valence-electron chi connectivity index (χ1n) is 6.59. The third kappa shape index (κ3) is 10.2. The Kier molecular flexibility index (Phi) is 10.4. The molecule has 2 heteroatoms. The molecule has 2 nitrogen and oxygen atoms in total. The maximum Gasteiger partial charge on any atom is 0.0667 e. The molecule has 0 radical (unpaired) electrons. The van der Waals surface area contributed by atoms with Gasteiger partial charge in [-0.3, -0.25) is 0 Å². The molecule has 0 rings (SSSR count). The van der Waals surface area contributed by atoms with Gasteiger partial charge in [0.05, 0.1) is 6.10 Å². The Morgan fingerprint density at radius 2 is 1.87 bits per heavy atom. The standard InChI is InChI=1S/C13H29NO/c1-4-6-7-8-9-14-11-13(15)10-12(3)5-2/h12-15H,4-11H2,1-3H3. The predicted octanol–water partition coefficient (Wildman–Crippen LogP) is 2.95. The lowest BCUT2D eigenvalue weighted by Gasteiger charge is -2.15. The van der Waals surface area contributed by atoms with Crippen LogP contribution in [0.5, 0.6) is 0 Å². The molecule has 0 amide bonds. The molecule has 0 spiro atoms. The Labute approximate surface area is 95.5 Å². The summed E-state index contributed by atoms with van der Waals surface area (Å²) >= 11 is 0. The highest BCUT2D eigenvalue weighted by atomic mass is 16.3. The number of aliphatic hydroxyl groups excluding tert-OH is 1. The van der Waals surface area contributed by atoms with Crippen LogP contribution >= 0.6 is 0 Å². The van der Waals surface area contributed by atoms with Crippen LogP contribution in [0, 0.1) is 5.92 Å². The van der Waals surface area contributed by atoms with E-state index in [0.717, 1.165) is 25.9 Å². The molecule has 15 heavy (non-hydrogen) atoms. The van der Waals surface area contributed by atoms with E-state index >= 15 is 0 Å². The number of rotatable bonds is 10. The second-order valence-electron chi connectivity index (χ2n) is 4.67. The van der Waals surface area contributed by atoms with Gasteiger partial charge in [0.15, 0.2) is 0 Å². The Balaban J connectivity index is 3.20. The van der Waals surface area contributed by atoms with Crippen molar-refractivity contribution in [3.8, 4) is 0 Å². The summed E-state index contributed by atoms with van der Waals surface area (Å²) in [6.45, 7) is 8.41. The van der Waals surface area contributed by atoms with Crippen LogP contribution in [0.1, 0.15) is 59.3 Å². The minimum atomic E-state index is -0.161. The van der Waals surface area contributed by atoms with E-state index < -0.39 is 0 Å². The van der Waals surface area contributed by atoms with Crippen LogP contribution in [0.25, 0.3) is 0 Å². The largest absolute Gasteiger partial charge is 0.392 e. The number of hydrogen-bond donors (Lipinski definition) is 2. The van der Waals surface area contributed by atoms with Crippen molar-refractivity contribution in [1.82, 2.24) is 5.32 Å². The fourth-order valence-electron chi connectivity index (χ4n) is 1.66. The van der Waals surface area contributed by atoms with Crippen molar-refractivity contribution in [3.63, 3.8) is 0 Å². The normalized spacial score (nSPS) is 15.2. The van der Waals surface area contributed by atoms with Crippen LogP contribution < -0.4 is 5.32 Å². The van der Waals surface area contributed by atoms with E-state index in [1.807, 2.05) is 0 Å². The van der Waals surface area contributed by atoms with E-state index in [4.69, 9.17) is 0 Å². The molecule has 0 aromatic rings. The highest BCUT2D eigenvalue weighted by Gasteiger charge is 2.07. The third-order valence-corrected chi connectivity index (χ3v) is 2.96. The van der Waals surface area contributed by atoms with Gasteiger partial charge in [-0.2, -0.15) is 0 Å². The molecule has 0 heterocycles. The van der Waals surface area contributed by atoms with Crippen LogP contribution in [0.15, 0.2) is 0 Å². The van der Waals surface area contributed by atoms with Crippen molar-refractivity contribution < 1.29 is 5.11 Å². The van der Waals surface area contributed by atoms with Gasteiger partial charge in [-0.25, -0.2) is 0 Å². The van der Waals surface area contributed by atoms with E-state index in [1.165, 1.54) is 25.7 Å². The molecule has 0 aliphatic carbocycles. The van der Waals surface area contributed by atoms with Crippen molar-refractivity contribution in [2.75, 3.05) is 13.1 Å². The minimum Gasteiger partial charge on any atom is -0.392 e. The Bertz CT molecular complexity index is 128. The summed E-state index contributed by atoms with van der Waals surface area (Å²) in [4.78, 5) is 0. The molecular weight excluding hydrogens is 186 g/mol. The Morgan fingerprint density at radius 3 is 2.47 bits per heavy atom. The third-order valence-electron chi connectivity index (χ3n) is 2.96. The van der Waals surface area contributed by atoms with Crippen molar-refractivity contribution in [3.05, 3.63) is 0 Å². The summed E-state index contributed by atoms with van der Waals surface area (Å²) in [5.74, 6) is 0.641. The second kappa shape index (κ2) is 10.4. The maximum atomic E-state index is 9.69. The predicted molar refractivity (Wildman–Crippen MR) is 67.1 cm³/mol. The van der Waals surface area contributed by atoms with Crippen LogP contribution in [0.3, 0.4) is 0 Å². The lowest BCUT2D eigenvalue weighted by Crippen LogP contribution is -2.28. The van der Waals surface area contributed by atoms with E-state index in [-0.39, 0.29) is 6.10 Å². The average Bonchev–Trinajstić information content (AvgIpc) is 2.23. The average molecular weight is 215 g/mol. The highest BCUT2D eigenvalue weighted by Crippen LogP contribution is 2.09. The molecule has 0 fully saturated rings. The Morgan fingerprint density at radius 1 is 1.13 bits per heavy atom. The molecular formula is C13H29NO. The van der Waals surface area contributed by atoms with Crippen LogP contribution in [-0.2, 0) is 0 Å². The molecule has 0 aliphatic rings. The fraction of sp³-hybridized carbons (Fsp3) is 1.00. The number of hydrogen-bond acceptors (Lipinski definition) is 2. The van der Waals surface area contributed by atoms with Crippen molar-refractivity contribution in [2.24, 2.45) is 5.92 Å². The molecule has 92 valence electrons. The van der Waals surface area contributed by atoms with Gasteiger partial charge < -0.3 is 10.4 Å². The van der Waals surface area contributed by atoms with E-state index in [1.54, 1.807) is 0 Å². The highest BCUT2D eigenvalue weighted by molar-refractivity contribution is 4.63. The molecule has 0 aromatic heterocycles. The first-order chi connectivity index (χ1) is 7.20. The van der Waals surface area contributed by atoms with Gasteiger partial charge in [-0.05, 0) is 25.3 Å². The molecule has 2 atom stereocenters. The quantitative estimate of drug-likeness (QED) is 0.549. The summed E-state index contributed by atoms with van der Waals surface area (Å²) in [5.41, 5.74) is 0. The van der Waals surface area contributed by atoms with Gasteiger partial charge in [0.1, 0.15) is 0 Å². The molecule has 0 bridgehead atoms. The Hall–Kier alpha value is -0.0800. The number of unbranched alkanes of at least 4 members (excludes halogenated alkanes) is 3. The molecule has 0 saturated carbocycles. The van der Waals surface area contributed by atoms with E-state index in [0.29, 0.717) is 5.92 Å². The van der Waals surface area contributed by atoms with E-state index in [9.17, 15) is 5.11 Å².